The van der Waals surface area contributed by atoms with E-state index >= 15 is 0 Å². The van der Waals surface area contributed by atoms with E-state index in [0.717, 1.165) is 18.9 Å². The molecule has 0 aromatic heterocycles. The van der Waals surface area contributed by atoms with Crippen LogP contribution in [0.4, 0.5) is 0 Å². The third-order valence-electron chi connectivity index (χ3n) is 2.41. The topological polar surface area (TPSA) is 72.8 Å². The van der Waals surface area contributed by atoms with Gasteiger partial charge in [0.2, 0.25) is 0 Å². The highest BCUT2D eigenvalue weighted by atomic mass is 35.5. The minimum absolute atomic E-state index is 0.0465. The molecule has 0 atom stereocenters. The Labute approximate surface area is 151 Å². The molecule has 0 aliphatic carbocycles. The lowest BCUT2D eigenvalue weighted by Crippen LogP contribution is -2.04. The second kappa shape index (κ2) is 26.3. The first-order valence-electron chi connectivity index (χ1n) is 7.94. The Balaban J connectivity index is -0.000000341. The maximum Gasteiger partial charge on any atom is 0.330 e. The summed E-state index contributed by atoms with van der Waals surface area (Å²) in [5.41, 5.74) is 1.22. The average Bonchev–Trinajstić information content (AvgIpc) is 2.59. The van der Waals surface area contributed by atoms with Gasteiger partial charge in [0.25, 0.3) is 0 Å². The summed E-state index contributed by atoms with van der Waals surface area (Å²) in [5.74, 6) is -0.812. The van der Waals surface area contributed by atoms with Crippen LogP contribution in [-0.2, 0) is 19.1 Å². The van der Waals surface area contributed by atoms with Gasteiger partial charge in [-0.05, 0) is 12.0 Å². The monoisotopic (exact) mass is 362 g/mol. The minimum atomic E-state index is -0.501. The van der Waals surface area contributed by atoms with Crippen LogP contribution in [0.1, 0.15) is 45.4 Å². The van der Waals surface area contributed by atoms with Crippen LogP contribution in [0, 0.1) is 0 Å². The maximum absolute atomic E-state index is 10.6. The number of carbonyl (C=O) groups is 2. The fourth-order valence-corrected chi connectivity index (χ4v) is 1.32. The van der Waals surface area contributed by atoms with E-state index in [2.05, 4.69) is 31.4 Å². The third-order valence-corrected chi connectivity index (χ3v) is 2.41. The van der Waals surface area contributed by atoms with Gasteiger partial charge in [-0.3, -0.25) is 0 Å². The number of unbranched alkanes of at least 4 members (excludes halogenated alkanes) is 5. The summed E-state index contributed by atoms with van der Waals surface area (Å²) in [7, 11) is 0. The van der Waals surface area contributed by atoms with Crippen molar-refractivity contribution < 1.29 is 24.2 Å². The van der Waals surface area contributed by atoms with Gasteiger partial charge < -0.3 is 14.6 Å². The van der Waals surface area contributed by atoms with Crippen molar-refractivity contribution in [1.29, 1.82) is 0 Å². The Hall–Kier alpha value is -1.59. The molecule has 0 unspecified atom stereocenters. The summed E-state index contributed by atoms with van der Waals surface area (Å²) in [5, 5.41) is 8.10. The lowest BCUT2D eigenvalue weighted by atomic mass is 10.1. The molecular formula is C18H31ClO5. The van der Waals surface area contributed by atoms with Crippen LogP contribution in [0.2, 0.25) is 0 Å². The summed E-state index contributed by atoms with van der Waals surface area (Å²) < 4.78 is 9.17. The molecule has 0 saturated heterocycles. The molecule has 0 fully saturated rings. The van der Waals surface area contributed by atoms with E-state index in [1.807, 2.05) is 0 Å². The molecule has 0 heterocycles. The van der Waals surface area contributed by atoms with Crippen LogP contribution in [0.15, 0.2) is 37.4 Å². The third kappa shape index (κ3) is 32.4. The number of hydrogen-bond donors (Lipinski definition) is 1. The number of halogens is 1. The van der Waals surface area contributed by atoms with Crippen molar-refractivity contribution in [1.82, 2.24) is 0 Å². The van der Waals surface area contributed by atoms with Gasteiger partial charge in [-0.2, -0.15) is 0 Å². The fourth-order valence-electron chi connectivity index (χ4n) is 1.32. The molecule has 0 aromatic rings. The van der Waals surface area contributed by atoms with E-state index in [1.54, 1.807) is 0 Å². The first kappa shape index (κ1) is 27.3. The lowest BCUT2D eigenvalue weighted by molar-refractivity contribution is -0.139. The molecule has 1 N–H and O–H groups in total. The molecule has 0 aromatic carbocycles. The minimum Gasteiger partial charge on any atom is -0.463 e. The Kier molecular flexibility index (Phi) is 29.9. The van der Waals surface area contributed by atoms with E-state index in [1.165, 1.54) is 37.3 Å². The van der Waals surface area contributed by atoms with Crippen molar-refractivity contribution in [3.8, 4) is 0 Å². The van der Waals surface area contributed by atoms with E-state index in [0.29, 0.717) is 6.61 Å². The van der Waals surface area contributed by atoms with Gasteiger partial charge >= 0.3 is 11.9 Å². The summed E-state index contributed by atoms with van der Waals surface area (Å²) in [6, 6.07) is 0. The molecule has 0 amide bonds. The van der Waals surface area contributed by atoms with Crippen molar-refractivity contribution in [2.75, 3.05) is 19.8 Å². The van der Waals surface area contributed by atoms with Crippen molar-refractivity contribution in [3.05, 3.63) is 37.4 Å². The molecule has 140 valence electrons. The van der Waals surface area contributed by atoms with E-state index in [4.69, 9.17) is 21.4 Å². The Morgan fingerprint density at radius 1 is 0.917 bits per heavy atom. The van der Waals surface area contributed by atoms with Crippen LogP contribution in [0.3, 0.4) is 0 Å². The molecule has 0 radical (unpaired) electrons. The number of aliphatic hydroxyl groups excluding tert-OH is 1. The molecule has 0 aliphatic heterocycles. The molecule has 0 bridgehead atoms. The van der Waals surface area contributed by atoms with Gasteiger partial charge in [0.05, 0.1) is 13.2 Å². The first-order chi connectivity index (χ1) is 11.5. The number of esters is 2. The predicted molar refractivity (Wildman–Crippen MR) is 98.8 cm³/mol. The standard InChI is InChI=1S/C11H20O2.C5H8O3.C2H3Cl/c1-3-5-6-7-8-9-10-13-11(12)4-2;1-2-5(7)8-4-3-6;1-2-3/h4H,2-3,5-10H2,1H3;2,6H,1,3-4H2;2H,1H2. The lowest BCUT2D eigenvalue weighted by Gasteiger charge is -2.01. The van der Waals surface area contributed by atoms with E-state index in [9.17, 15) is 9.59 Å². The van der Waals surface area contributed by atoms with Crippen LogP contribution in [0.5, 0.6) is 0 Å². The second-order valence-electron chi connectivity index (χ2n) is 4.39. The van der Waals surface area contributed by atoms with Crippen molar-refractivity contribution in [2.24, 2.45) is 0 Å². The van der Waals surface area contributed by atoms with Gasteiger partial charge in [0.15, 0.2) is 0 Å². The highest BCUT2D eigenvalue weighted by molar-refractivity contribution is 6.25. The highest BCUT2D eigenvalue weighted by Crippen LogP contribution is 2.04. The van der Waals surface area contributed by atoms with Crippen molar-refractivity contribution in [3.63, 3.8) is 0 Å². The number of carbonyl (C=O) groups excluding carboxylic acids is 2. The zero-order valence-corrected chi connectivity index (χ0v) is 15.4. The van der Waals surface area contributed by atoms with E-state index < -0.39 is 5.97 Å². The van der Waals surface area contributed by atoms with Gasteiger partial charge in [0.1, 0.15) is 6.61 Å². The zero-order chi connectivity index (χ0) is 19.1. The van der Waals surface area contributed by atoms with Gasteiger partial charge in [0, 0.05) is 12.2 Å². The van der Waals surface area contributed by atoms with Crippen LogP contribution in [0.25, 0.3) is 0 Å². The second-order valence-corrected chi connectivity index (χ2v) is 4.70. The first-order valence-corrected chi connectivity index (χ1v) is 8.37. The SMILES string of the molecule is C=CC(=O)OCCCCCCCC.C=CC(=O)OCCO.C=CCl. The van der Waals surface area contributed by atoms with Crippen molar-refractivity contribution >= 4 is 23.5 Å². The molecule has 0 aliphatic rings. The summed E-state index contributed by atoms with van der Waals surface area (Å²) in [6.07, 6.45) is 9.52. The van der Waals surface area contributed by atoms with Gasteiger partial charge in [-0.15, -0.1) is 0 Å². The Morgan fingerprint density at radius 2 is 1.33 bits per heavy atom. The summed E-state index contributed by atoms with van der Waals surface area (Å²) in [4.78, 5) is 20.7. The largest absolute Gasteiger partial charge is 0.463 e. The summed E-state index contributed by atoms with van der Waals surface area (Å²) >= 11 is 4.76. The van der Waals surface area contributed by atoms with Gasteiger partial charge in [-0.25, -0.2) is 9.59 Å². The predicted octanol–water partition coefficient (Wildman–Crippen LogP) is 4.15. The summed E-state index contributed by atoms with van der Waals surface area (Å²) in [6.45, 7) is 12.3. The molecular weight excluding hydrogens is 332 g/mol. The quantitative estimate of drug-likeness (QED) is 0.339. The molecule has 6 heteroatoms. The highest BCUT2D eigenvalue weighted by Gasteiger charge is 1.94. The van der Waals surface area contributed by atoms with Crippen LogP contribution in [-0.4, -0.2) is 36.9 Å². The Morgan fingerprint density at radius 3 is 1.75 bits per heavy atom. The molecule has 5 nitrogen and oxygen atoms in total. The Bertz CT molecular complexity index is 329. The number of aliphatic hydroxyl groups is 1. The van der Waals surface area contributed by atoms with Crippen LogP contribution < -0.4 is 0 Å². The maximum atomic E-state index is 10.6. The number of ether oxygens (including phenoxy) is 2. The smallest absolute Gasteiger partial charge is 0.330 e. The van der Waals surface area contributed by atoms with Crippen molar-refractivity contribution in [2.45, 2.75) is 45.4 Å². The van der Waals surface area contributed by atoms with E-state index in [-0.39, 0.29) is 19.2 Å². The molecule has 0 rings (SSSR count). The van der Waals surface area contributed by atoms with Crippen LogP contribution >= 0.6 is 11.6 Å². The number of rotatable bonds is 11. The fraction of sp³-hybridized carbons (Fsp3) is 0.556. The molecule has 0 spiro atoms. The normalized spacial score (nSPS) is 8.46. The molecule has 24 heavy (non-hydrogen) atoms. The number of hydrogen-bond acceptors (Lipinski definition) is 5. The average molecular weight is 363 g/mol. The zero-order valence-electron chi connectivity index (χ0n) is 14.7. The molecule has 0 saturated carbocycles. The van der Waals surface area contributed by atoms with Gasteiger partial charge in [-0.1, -0.05) is 70.4 Å².